The fourth-order valence-corrected chi connectivity index (χ4v) is 3.05. The highest BCUT2D eigenvalue weighted by molar-refractivity contribution is 6.30. The normalized spacial score (nSPS) is 26.9. The number of anilines is 1. The fourth-order valence-electron chi connectivity index (χ4n) is 2.90. The number of aliphatic hydroxyl groups is 2. The molecule has 0 aliphatic carbocycles. The van der Waals surface area contributed by atoms with Crippen LogP contribution in [0.2, 0.25) is 5.02 Å². The van der Waals surface area contributed by atoms with Gasteiger partial charge in [0.1, 0.15) is 0 Å². The van der Waals surface area contributed by atoms with E-state index < -0.39 is 17.3 Å². The largest absolute Gasteiger partial charge is 0.396 e. The molecule has 0 amide bonds. The van der Waals surface area contributed by atoms with Crippen molar-refractivity contribution in [1.82, 2.24) is 4.98 Å². The Bertz CT molecular complexity index is 474. The average molecular weight is 303 g/mol. The van der Waals surface area contributed by atoms with E-state index in [4.69, 9.17) is 11.6 Å². The van der Waals surface area contributed by atoms with E-state index in [9.17, 15) is 14.6 Å². The Morgan fingerprint density at radius 2 is 2.35 bits per heavy atom. The molecule has 0 saturated carbocycles. The number of β-amino-alcohol motifs (C(OH)–C–C–N with tert-alkyl or cyclic N) is 1. The van der Waals surface area contributed by atoms with Gasteiger partial charge < -0.3 is 15.1 Å². The average Bonchev–Trinajstić information content (AvgIpc) is 2.41. The van der Waals surface area contributed by atoms with Gasteiger partial charge in [-0.15, -0.1) is 0 Å². The van der Waals surface area contributed by atoms with E-state index >= 15 is 0 Å². The molecule has 0 unspecified atom stereocenters. The first-order valence-corrected chi connectivity index (χ1v) is 7.25. The number of aromatic nitrogens is 1. The highest BCUT2D eigenvalue weighted by Crippen LogP contribution is 2.37. The highest BCUT2D eigenvalue weighted by Gasteiger charge is 2.41. The Morgan fingerprint density at radius 1 is 1.60 bits per heavy atom. The zero-order valence-corrected chi connectivity index (χ0v) is 12.3. The minimum atomic E-state index is -0.696. The van der Waals surface area contributed by atoms with Gasteiger partial charge in [-0.25, -0.2) is 9.37 Å². The van der Waals surface area contributed by atoms with Crippen molar-refractivity contribution in [2.75, 3.05) is 24.6 Å². The molecule has 2 N–H and O–H groups in total. The van der Waals surface area contributed by atoms with Crippen LogP contribution in [-0.2, 0) is 0 Å². The van der Waals surface area contributed by atoms with Crippen LogP contribution >= 0.6 is 11.6 Å². The number of rotatable bonds is 4. The number of hydrogen-bond acceptors (Lipinski definition) is 4. The van der Waals surface area contributed by atoms with Crippen molar-refractivity contribution in [2.45, 2.75) is 32.3 Å². The first-order chi connectivity index (χ1) is 9.52. The van der Waals surface area contributed by atoms with Crippen LogP contribution in [0.5, 0.6) is 0 Å². The van der Waals surface area contributed by atoms with Gasteiger partial charge in [0.25, 0.3) is 0 Å². The Labute approximate surface area is 123 Å². The van der Waals surface area contributed by atoms with E-state index in [2.05, 4.69) is 4.98 Å². The Hall–Kier alpha value is -0.910. The molecule has 0 radical (unpaired) electrons. The molecule has 1 aromatic rings. The maximum atomic E-state index is 13.9. The summed E-state index contributed by atoms with van der Waals surface area (Å²) in [4.78, 5) is 5.71. The molecule has 112 valence electrons. The van der Waals surface area contributed by atoms with Crippen molar-refractivity contribution >= 4 is 17.4 Å². The van der Waals surface area contributed by atoms with Crippen LogP contribution in [0.1, 0.15) is 26.2 Å². The second kappa shape index (κ2) is 6.24. The van der Waals surface area contributed by atoms with Crippen molar-refractivity contribution in [2.24, 2.45) is 5.41 Å². The van der Waals surface area contributed by atoms with Crippen molar-refractivity contribution in [1.29, 1.82) is 0 Å². The predicted molar refractivity (Wildman–Crippen MR) is 76.5 cm³/mol. The number of hydrogen-bond donors (Lipinski definition) is 2. The fraction of sp³-hybridized carbons (Fsp3) is 0.643. The molecule has 2 rings (SSSR count). The molecule has 1 saturated heterocycles. The summed E-state index contributed by atoms with van der Waals surface area (Å²) in [5.74, 6) is -0.284. The van der Waals surface area contributed by atoms with E-state index in [1.165, 1.54) is 12.3 Å². The monoisotopic (exact) mass is 302 g/mol. The molecule has 0 spiro atoms. The summed E-state index contributed by atoms with van der Waals surface area (Å²) in [6, 6.07) is 1.22. The number of piperidine rings is 1. The number of aliphatic hydroxyl groups excluding tert-OH is 2. The van der Waals surface area contributed by atoms with Crippen molar-refractivity contribution < 1.29 is 14.6 Å². The summed E-state index contributed by atoms with van der Waals surface area (Å²) < 4.78 is 13.9. The van der Waals surface area contributed by atoms with Crippen LogP contribution in [0.25, 0.3) is 0 Å². The van der Waals surface area contributed by atoms with E-state index in [-0.39, 0.29) is 24.0 Å². The quantitative estimate of drug-likeness (QED) is 0.895. The standard InChI is InChI=1S/C14H20ClFN2O2/c1-2-3-14(9-19)4-5-18(8-12(14)20)13-11(16)6-10(15)7-17-13/h6-7,12,19-20H,2-5,8-9H2,1H3/t12-,14-/m1/s1. The van der Waals surface area contributed by atoms with Crippen molar-refractivity contribution in [3.05, 3.63) is 23.1 Å². The topological polar surface area (TPSA) is 56.6 Å². The van der Waals surface area contributed by atoms with Gasteiger partial charge in [0.15, 0.2) is 11.6 Å². The molecule has 4 nitrogen and oxygen atoms in total. The zero-order valence-electron chi connectivity index (χ0n) is 11.5. The maximum absolute atomic E-state index is 13.9. The molecule has 2 heterocycles. The molecule has 6 heteroatoms. The van der Waals surface area contributed by atoms with E-state index in [0.29, 0.717) is 13.0 Å². The molecule has 0 bridgehead atoms. The van der Waals surface area contributed by atoms with Gasteiger partial charge >= 0.3 is 0 Å². The lowest BCUT2D eigenvalue weighted by Crippen LogP contribution is -2.53. The van der Waals surface area contributed by atoms with E-state index in [1.54, 1.807) is 4.90 Å². The molecule has 20 heavy (non-hydrogen) atoms. The van der Waals surface area contributed by atoms with Gasteiger partial charge in [-0.2, -0.15) is 0 Å². The first kappa shape index (κ1) is 15.5. The lowest BCUT2D eigenvalue weighted by atomic mass is 9.73. The van der Waals surface area contributed by atoms with Gasteiger partial charge in [0.2, 0.25) is 0 Å². The summed E-state index contributed by atoms with van der Waals surface area (Å²) in [5, 5.41) is 20.2. The summed E-state index contributed by atoms with van der Waals surface area (Å²) in [5.41, 5.74) is -0.478. The Balaban J connectivity index is 2.16. The van der Waals surface area contributed by atoms with Crippen LogP contribution in [0.3, 0.4) is 0 Å². The number of nitrogens with zero attached hydrogens (tertiary/aromatic N) is 2. The first-order valence-electron chi connectivity index (χ1n) is 6.87. The van der Waals surface area contributed by atoms with Crippen LogP contribution in [-0.4, -0.2) is 41.0 Å². The number of pyridine rings is 1. The van der Waals surface area contributed by atoms with Crippen molar-refractivity contribution in [3.63, 3.8) is 0 Å². The maximum Gasteiger partial charge on any atom is 0.167 e. The molecular formula is C14H20ClFN2O2. The molecule has 1 fully saturated rings. The predicted octanol–water partition coefficient (Wildman–Crippen LogP) is 2.22. The van der Waals surface area contributed by atoms with E-state index in [1.807, 2.05) is 6.92 Å². The molecular weight excluding hydrogens is 283 g/mol. The minimum absolute atomic E-state index is 0.0492. The van der Waals surface area contributed by atoms with Gasteiger partial charge in [0.05, 0.1) is 17.7 Å². The van der Waals surface area contributed by atoms with Gasteiger partial charge in [-0.3, -0.25) is 0 Å². The summed E-state index contributed by atoms with van der Waals surface area (Å²) in [7, 11) is 0. The summed E-state index contributed by atoms with van der Waals surface area (Å²) in [6.45, 7) is 2.80. The smallest absolute Gasteiger partial charge is 0.167 e. The van der Waals surface area contributed by atoms with Gasteiger partial charge in [-0.1, -0.05) is 24.9 Å². The molecule has 1 aliphatic heterocycles. The SMILES string of the molecule is CCC[C@]1(CO)CCN(c2ncc(Cl)cc2F)C[C@H]1O. The Kier molecular flexibility index (Phi) is 4.83. The van der Waals surface area contributed by atoms with Gasteiger partial charge in [-0.05, 0) is 18.9 Å². The second-order valence-corrected chi connectivity index (χ2v) is 5.88. The Morgan fingerprint density at radius 3 is 2.90 bits per heavy atom. The number of halogens is 2. The molecule has 1 aliphatic rings. The van der Waals surface area contributed by atoms with Crippen LogP contribution in [0.15, 0.2) is 12.3 Å². The highest BCUT2D eigenvalue weighted by atomic mass is 35.5. The van der Waals surface area contributed by atoms with Crippen LogP contribution < -0.4 is 4.90 Å². The minimum Gasteiger partial charge on any atom is -0.396 e. The summed E-state index contributed by atoms with van der Waals surface area (Å²) in [6.07, 6.45) is 2.97. The summed E-state index contributed by atoms with van der Waals surface area (Å²) >= 11 is 5.69. The third kappa shape index (κ3) is 2.90. The van der Waals surface area contributed by atoms with Crippen molar-refractivity contribution in [3.8, 4) is 0 Å². The van der Waals surface area contributed by atoms with Crippen LogP contribution in [0.4, 0.5) is 10.2 Å². The molecule has 2 atom stereocenters. The third-order valence-electron chi connectivity index (χ3n) is 4.13. The van der Waals surface area contributed by atoms with Gasteiger partial charge in [0, 0.05) is 24.7 Å². The van der Waals surface area contributed by atoms with Crippen LogP contribution in [0, 0.1) is 11.2 Å². The zero-order chi connectivity index (χ0) is 14.8. The lowest BCUT2D eigenvalue weighted by molar-refractivity contribution is -0.0373. The van der Waals surface area contributed by atoms with E-state index in [0.717, 1.165) is 12.8 Å². The second-order valence-electron chi connectivity index (χ2n) is 5.44. The molecule has 0 aromatic carbocycles. The lowest BCUT2D eigenvalue weighted by Gasteiger charge is -2.45. The third-order valence-corrected chi connectivity index (χ3v) is 4.34. The molecule has 1 aromatic heterocycles.